The van der Waals surface area contributed by atoms with Gasteiger partial charge in [-0.3, -0.25) is 0 Å². The van der Waals surface area contributed by atoms with Gasteiger partial charge < -0.3 is 40.6 Å². The zero-order valence-corrected chi connectivity index (χ0v) is 20.3. The van der Waals surface area contributed by atoms with Crippen LogP contribution in [0.15, 0.2) is 18.2 Å². The van der Waals surface area contributed by atoms with Crippen molar-refractivity contribution in [3.05, 3.63) is 23.8 Å². The molecule has 11 heteroatoms. The largest absolute Gasteiger partial charge is 0.454 e. The van der Waals surface area contributed by atoms with Gasteiger partial charge in [-0.1, -0.05) is 25.3 Å². The molecular formula is C24H37N7O4. The molecule has 4 rings (SSSR count). The van der Waals surface area contributed by atoms with Gasteiger partial charge in [0.05, 0.1) is 26.4 Å². The highest BCUT2D eigenvalue weighted by Crippen LogP contribution is 2.32. The lowest BCUT2D eigenvalue weighted by atomic mass is 9.89. The lowest BCUT2D eigenvalue weighted by Crippen LogP contribution is -2.20. The molecule has 0 saturated heterocycles. The molecule has 1 aromatic heterocycles. The summed E-state index contributed by atoms with van der Waals surface area (Å²) in [5.41, 5.74) is 6.45. The summed E-state index contributed by atoms with van der Waals surface area (Å²) >= 11 is 0. The summed E-state index contributed by atoms with van der Waals surface area (Å²) in [7, 11) is 0. The molecule has 1 aromatic carbocycles. The first kappa shape index (κ1) is 25.2. The second-order valence-electron chi connectivity index (χ2n) is 8.67. The summed E-state index contributed by atoms with van der Waals surface area (Å²) in [5, 5.41) is 9.96. The van der Waals surface area contributed by atoms with Gasteiger partial charge in [0.2, 0.25) is 24.6 Å². The Labute approximate surface area is 206 Å². The number of ether oxygens (including phenoxy) is 4. The molecular weight excluding hydrogens is 450 g/mol. The van der Waals surface area contributed by atoms with Crippen LogP contribution in [-0.4, -0.2) is 67.8 Å². The molecule has 1 aliphatic carbocycles. The number of nitrogens with two attached hydrogens (primary N) is 1. The molecule has 2 heterocycles. The second-order valence-corrected chi connectivity index (χ2v) is 8.67. The SMILES string of the molecule is NCCOCCOCCNc1nc(NCc2ccc3c(c2)OCO3)nc(NCC2CCCCC2)n1. The number of hydrogen-bond acceptors (Lipinski definition) is 11. The molecule has 1 aliphatic heterocycles. The number of hydrogen-bond donors (Lipinski definition) is 4. The number of aromatic nitrogens is 3. The Morgan fingerprint density at radius 1 is 0.829 bits per heavy atom. The van der Waals surface area contributed by atoms with Gasteiger partial charge >= 0.3 is 0 Å². The molecule has 0 radical (unpaired) electrons. The van der Waals surface area contributed by atoms with Crippen molar-refractivity contribution in [3.63, 3.8) is 0 Å². The molecule has 35 heavy (non-hydrogen) atoms. The van der Waals surface area contributed by atoms with Crippen molar-refractivity contribution in [1.82, 2.24) is 15.0 Å². The molecule has 0 unspecified atom stereocenters. The summed E-state index contributed by atoms with van der Waals surface area (Å²) in [4.78, 5) is 13.7. The van der Waals surface area contributed by atoms with Crippen molar-refractivity contribution < 1.29 is 18.9 Å². The van der Waals surface area contributed by atoms with Crippen molar-refractivity contribution in [2.75, 3.05) is 68.8 Å². The number of nitrogens with zero attached hydrogens (tertiary/aromatic N) is 3. The number of benzene rings is 1. The minimum absolute atomic E-state index is 0.259. The lowest BCUT2D eigenvalue weighted by molar-refractivity contribution is 0.0547. The van der Waals surface area contributed by atoms with Crippen LogP contribution in [0, 0.1) is 5.92 Å². The maximum absolute atomic E-state index is 5.58. The number of nitrogens with one attached hydrogen (secondary N) is 3. The Kier molecular flexibility index (Phi) is 9.98. The molecule has 1 fully saturated rings. The van der Waals surface area contributed by atoms with Crippen LogP contribution in [0.2, 0.25) is 0 Å². The van der Waals surface area contributed by atoms with Crippen LogP contribution >= 0.6 is 0 Å². The van der Waals surface area contributed by atoms with Crippen molar-refractivity contribution in [2.45, 2.75) is 38.6 Å². The Morgan fingerprint density at radius 2 is 1.54 bits per heavy atom. The summed E-state index contributed by atoms with van der Waals surface area (Å²) in [5.74, 6) is 3.76. The Hall–Kier alpha value is -2.89. The Bertz CT molecular complexity index is 911. The van der Waals surface area contributed by atoms with Gasteiger partial charge in [0.1, 0.15) is 0 Å². The number of fused-ring (bicyclic) bond motifs is 1. The molecule has 1 saturated carbocycles. The van der Waals surface area contributed by atoms with Crippen LogP contribution < -0.4 is 31.2 Å². The third kappa shape index (κ3) is 8.37. The predicted molar refractivity (Wildman–Crippen MR) is 134 cm³/mol. The van der Waals surface area contributed by atoms with Crippen molar-refractivity contribution in [3.8, 4) is 11.5 Å². The molecule has 0 spiro atoms. The van der Waals surface area contributed by atoms with E-state index >= 15 is 0 Å². The zero-order chi connectivity index (χ0) is 24.1. The molecule has 0 amide bonds. The highest BCUT2D eigenvalue weighted by atomic mass is 16.7. The second kappa shape index (κ2) is 13.9. The van der Waals surface area contributed by atoms with E-state index in [-0.39, 0.29) is 6.79 Å². The van der Waals surface area contributed by atoms with E-state index in [4.69, 9.17) is 24.7 Å². The molecule has 2 aromatic rings. The van der Waals surface area contributed by atoms with Crippen molar-refractivity contribution in [2.24, 2.45) is 11.7 Å². The van der Waals surface area contributed by atoms with Gasteiger partial charge in [0.15, 0.2) is 11.5 Å². The normalized spacial score (nSPS) is 15.2. The highest BCUT2D eigenvalue weighted by Gasteiger charge is 2.15. The minimum Gasteiger partial charge on any atom is -0.454 e. The van der Waals surface area contributed by atoms with Gasteiger partial charge in [-0.2, -0.15) is 15.0 Å². The van der Waals surface area contributed by atoms with E-state index in [2.05, 4.69) is 30.9 Å². The van der Waals surface area contributed by atoms with E-state index in [1.54, 1.807) is 0 Å². The predicted octanol–water partition coefficient (Wildman–Crippen LogP) is 2.61. The number of rotatable bonds is 15. The summed E-state index contributed by atoms with van der Waals surface area (Å²) < 4.78 is 21.8. The van der Waals surface area contributed by atoms with Crippen LogP contribution in [-0.2, 0) is 16.0 Å². The first-order valence-corrected chi connectivity index (χ1v) is 12.5. The highest BCUT2D eigenvalue weighted by molar-refractivity contribution is 5.46. The van der Waals surface area contributed by atoms with E-state index in [1.807, 2.05) is 18.2 Å². The van der Waals surface area contributed by atoms with Crippen molar-refractivity contribution >= 4 is 17.8 Å². The topological polar surface area (TPSA) is 138 Å². The van der Waals surface area contributed by atoms with Gasteiger partial charge in [0.25, 0.3) is 0 Å². The Morgan fingerprint density at radius 3 is 2.34 bits per heavy atom. The van der Waals surface area contributed by atoms with E-state index < -0.39 is 0 Å². The molecule has 0 bridgehead atoms. The quantitative estimate of drug-likeness (QED) is 0.276. The average molecular weight is 488 g/mol. The third-order valence-corrected chi connectivity index (χ3v) is 5.96. The smallest absolute Gasteiger partial charge is 0.231 e. The van der Waals surface area contributed by atoms with Gasteiger partial charge in [-0.05, 0) is 36.5 Å². The first-order valence-electron chi connectivity index (χ1n) is 12.5. The molecule has 2 aliphatic rings. The van der Waals surface area contributed by atoms with E-state index in [9.17, 15) is 0 Å². The molecule has 5 N–H and O–H groups in total. The molecule has 192 valence electrons. The van der Waals surface area contributed by atoms with E-state index in [1.165, 1.54) is 32.1 Å². The monoisotopic (exact) mass is 487 g/mol. The van der Waals surface area contributed by atoms with E-state index in [0.717, 1.165) is 23.6 Å². The summed E-state index contributed by atoms with van der Waals surface area (Å²) in [6, 6.07) is 5.88. The fourth-order valence-corrected chi connectivity index (χ4v) is 4.11. The van der Waals surface area contributed by atoms with E-state index in [0.29, 0.717) is 69.8 Å². The van der Waals surface area contributed by atoms with Gasteiger partial charge in [0, 0.05) is 26.2 Å². The van der Waals surface area contributed by atoms with Crippen LogP contribution in [0.1, 0.15) is 37.7 Å². The zero-order valence-electron chi connectivity index (χ0n) is 20.3. The summed E-state index contributed by atoms with van der Waals surface area (Å²) in [6.07, 6.45) is 6.45. The fraction of sp³-hybridized carbons (Fsp3) is 0.625. The maximum atomic E-state index is 5.58. The lowest BCUT2D eigenvalue weighted by Gasteiger charge is -2.21. The van der Waals surface area contributed by atoms with Crippen LogP contribution in [0.4, 0.5) is 17.8 Å². The Balaban J connectivity index is 1.31. The average Bonchev–Trinajstić information content (AvgIpc) is 3.36. The fourth-order valence-electron chi connectivity index (χ4n) is 4.11. The van der Waals surface area contributed by atoms with Crippen LogP contribution in [0.25, 0.3) is 0 Å². The first-order chi connectivity index (χ1) is 17.3. The third-order valence-electron chi connectivity index (χ3n) is 5.96. The summed E-state index contributed by atoms with van der Waals surface area (Å²) in [6.45, 7) is 4.89. The van der Waals surface area contributed by atoms with Gasteiger partial charge in [-0.25, -0.2) is 0 Å². The van der Waals surface area contributed by atoms with Crippen molar-refractivity contribution in [1.29, 1.82) is 0 Å². The maximum Gasteiger partial charge on any atom is 0.231 e. The van der Waals surface area contributed by atoms with Crippen LogP contribution in [0.5, 0.6) is 11.5 Å². The standard InChI is InChI=1S/C24H37N7O4/c25-8-10-32-12-13-33-11-9-26-22-29-23(27-15-18-4-2-1-3-5-18)31-24(30-22)28-16-19-6-7-20-21(14-19)35-17-34-20/h6-7,14,18H,1-5,8-13,15-17,25H2,(H3,26,27,28,29,30,31). The minimum atomic E-state index is 0.259. The number of anilines is 3. The molecule has 0 atom stereocenters. The van der Waals surface area contributed by atoms with Crippen LogP contribution in [0.3, 0.4) is 0 Å². The molecule has 11 nitrogen and oxygen atoms in total. The van der Waals surface area contributed by atoms with Gasteiger partial charge in [-0.15, -0.1) is 0 Å².